The maximum atomic E-state index is 12.3. The first kappa shape index (κ1) is 17.4. The van der Waals surface area contributed by atoms with Gasteiger partial charge in [-0.3, -0.25) is 9.78 Å². The highest BCUT2D eigenvalue weighted by atomic mass is 16.1. The van der Waals surface area contributed by atoms with E-state index in [-0.39, 0.29) is 5.56 Å². The summed E-state index contributed by atoms with van der Waals surface area (Å²) in [6.45, 7) is 0.352. The maximum Gasteiger partial charge on any atom is 0.267 e. The van der Waals surface area contributed by atoms with E-state index in [2.05, 4.69) is 16.2 Å². The van der Waals surface area contributed by atoms with Gasteiger partial charge in [0.1, 0.15) is 0 Å². The van der Waals surface area contributed by atoms with Crippen LogP contribution in [0, 0.1) is 11.3 Å². The summed E-state index contributed by atoms with van der Waals surface area (Å²) in [5, 5.41) is 13.6. The van der Waals surface area contributed by atoms with Crippen LogP contribution in [0.2, 0.25) is 0 Å². The Labute approximate surface area is 162 Å². The Morgan fingerprint density at radius 2 is 1.68 bits per heavy atom. The normalized spacial score (nSPS) is 10.4. The number of benzene rings is 2. The number of hydrogen-bond acceptors (Lipinski definition) is 4. The van der Waals surface area contributed by atoms with Gasteiger partial charge in [0.05, 0.1) is 29.6 Å². The summed E-state index contributed by atoms with van der Waals surface area (Å²) in [5.41, 5.74) is 4.66. The molecule has 2 aromatic carbocycles. The smallest absolute Gasteiger partial charge is 0.267 e. The topological polar surface area (TPSA) is 71.6 Å². The number of nitrogens with zero attached hydrogens (tertiary/aromatic N) is 4. The van der Waals surface area contributed by atoms with Gasteiger partial charge in [-0.2, -0.15) is 10.4 Å². The molecule has 4 rings (SSSR count). The predicted molar refractivity (Wildman–Crippen MR) is 107 cm³/mol. The van der Waals surface area contributed by atoms with Gasteiger partial charge >= 0.3 is 0 Å². The number of nitriles is 1. The number of rotatable bonds is 4. The zero-order valence-corrected chi connectivity index (χ0v) is 15.0. The van der Waals surface area contributed by atoms with Crippen molar-refractivity contribution in [2.75, 3.05) is 0 Å². The van der Waals surface area contributed by atoms with Crippen LogP contribution in [0.5, 0.6) is 0 Å². The van der Waals surface area contributed by atoms with Crippen LogP contribution in [0.3, 0.4) is 0 Å². The van der Waals surface area contributed by atoms with E-state index in [1.807, 2.05) is 48.5 Å². The van der Waals surface area contributed by atoms with E-state index in [9.17, 15) is 4.79 Å². The molecule has 0 aliphatic heterocycles. The van der Waals surface area contributed by atoms with Crippen LogP contribution in [-0.4, -0.2) is 14.8 Å². The third-order valence-corrected chi connectivity index (χ3v) is 4.37. The minimum absolute atomic E-state index is 0.177. The van der Waals surface area contributed by atoms with Gasteiger partial charge in [0.15, 0.2) is 0 Å². The monoisotopic (exact) mass is 364 g/mol. The number of hydrogen-bond donors (Lipinski definition) is 0. The molecular weight excluding hydrogens is 348 g/mol. The summed E-state index contributed by atoms with van der Waals surface area (Å²) in [6, 6.07) is 26.2. The van der Waals surface area contributed by atoms with Crippen LogP contribution in [0.4, 0.5) is 0 Å². The van der Waals surface area contributed by atoms with E-state index in [4.69, 9.17) is 5.26 Å². The van der Waals surface area contributed by atoms with Crippen molar-refractivity contribution in [2.45, 2.75) is 6.54 Å². The van der Waals surface area contributed by atoms with Crippen molar-refractivity contribution in [1.29, 1.82) is 5.26 Å². The average Bonchev–Trinajstić information content (AvgIpc) is 2.76. The summed E-state index contributed by atoms with van der Waals surface area (Å²) < 4.78 is 1.44. The molecule has 5 nitrogen and oxygen atoms in total. The molecule has 0 amide bonds. The van der Waals surface area contributed by atoms with Crippen molar-refractivity contribution in [1.82, 2.24) is 14.8 Å². The van der Waals surface area contributed by atoms with Gasteiger partial charge in [-0.05, 0) is 42.0 Å². The molecular formula is C23H16N4O. The van der Waals surface area contributed by atoms with Crippen LogP contribution in [0.25, 0.3) is 22.5 Å². The molecule has 0 bridgehead atoms. The minimum Gasteiger partial charge on any atom is -0.268 e. The second-order valence-electron chi connectivity index (χ2n) is 6.32. The van der Waals surface area contributed by atoms with Crippen LogP contribution >= 0.6 is 0 Å². The SMILES string of the molecule is N#Cc1cccc(-c2ccc(=O)n(Cc3cccc(-c4ccccn4)c3)n2)c1. The van der Waals surface area contributed by atoms with E-state index in [0.29, 0.717) is 17.8 Å². The summed E-state index contributed by atoms with van der Waals surface area (Å²) in [7, 11) is 0. The summed E-state index contributed by atoms with van der Waals surface area (Å²) in [4.78, 5) is 16.7. The number of aromatic nitrogens is 3. The van der Waals surface area contributed by atoms with Crippen LogP contribution in [0.1, 0.15) is 11.1 Å². The molecule has 0 saturated heterocycles. The standard InChI is InChI=1S/C23H16N4O/c24-15-17-5-3-8-20(13-17)22-10-11-23(28)27(26-22)16-18-6-4-7-19(14-18)21-9-1-2-12-25-21/h1-14H,16H2. The highest BCUT2D eigenvalue weighted by Gasteiger charge is 2.07. The van der Waals surface area contributed by atoms with Crippen molar-refractivity contribution < 1.29 is 0 Å². The lowest BCUT2D eigenvalue weighted by Crippen LogP contribution is -2.22. The molecule has 0 spiro atoms. The largest absolute Gasteiger partial charge is 0.268 e. The Morgan fingerprint density at radius 3 is 2.46 bits per heavy atom. The molecule has 0 saturated carbocycles. The van der Waals surface area contributed by atoms with Crippen molar-refractivity contribution in [2.24, 2.45) is 0 Å². The first-order valence-corrected chi connectivity index (χ1v) is 8.82. The van der Waals surface area contributed by atoms with Gasteiger partial charge in [-0.25, -0.2) is 4.68 Å². The molecule has 0 atom stereocenters. The van der Waals surface area contributed by atoms with Crippen LogP contribution in [-0.2, 0) is 6.54 Å². The summed E-state index contributed by atoms with van der Waals surface area (Å²) >= 11 is 0. The van der Waals surface area contributed by atoms with E-state index in [0.717, 1.165) is 22.4 Å². The summed E-state index contributed by atoms with van der Waals surface area (Å²) in [6.07, 6.45) is 1.76. The molecule has 2 heterocycles. The lowest BCUT2D eigenvalue weighted by atomic mass is 10.1. The van der Waals surface area contributed by atoms with Crippen LogP contribution < -0.4 is 5.56 Å². The van der Waals surface area contributed by atoms with E-state index in [1.54, 1.807) is 30.5 Å². The van der Waals surface area contributed by atoms with Gasteiger partial charge in [0.25, 0.3) is 5.56 Å². The average molecular weight is 364 g/mol. The zero-order chi connectivity index (χ0) is 19.3. The van der Waals surface area contributed by atoms with E-state index >= 15 is 0 Å². The fourth-order valence-electron chi connectivity index (χ4n) is 3.00. The Morgan fingerprint density at radius 1 is 0.857 bits per heavy atom. The van der Waals surface area contributed by atoms with Crippen LogP contribution in [0.15, 0.2) is 89.9 Å². The lowest BCUT2D eigenvalue weighted by molar-refractivity contribution is 0.643. The van der Waals surface area contributed by atoms with Crippen molar-refractivity contribution in [3.05, 3.63) is 107 Å². The van der Waals surface area contributed by atoms with Gasteiger partial charge in [0, 0.05) is 23.4 Å². The first-order valence-electron chi connectivity index (χ1n) is 8.82. The van der Waals surface area contributed by atoms with Crippen molar-refractivity contribution in [3.8, 4) is 28.6 Å². The highest BCUT2D eigenvalue weighted by Crippen LogP contribution is 2.19. The second-order valence-corrected chi connectivity index (χ2v) is 6.32. The first-order chi connectivity index (χ1) is 13.7. The molecule has 2 aromatic heterocycles. The molecule has 0 aliphatic rings. The van der Waals surface area contributed by atoms with Crippen molar-refractivity contribution in [3.63, 3.8) is 0 Å². The Bertz CT molecular complexity index is 1220. The Hall–Kier alpha value is -4.04. The quantitative estimate of drug-likeness (QED) is 0.551. The lowest BCUT2D eigenvalue weighted by Gasteiger charge is -2.09. The highest BCUT2D eigenvalue weighted by molar-refractivity contribution is 5.61. The van der Waals surface area contributed by atoms with E-state index in [1.165, 1.54) is 10.7 Å². The third-order valence-electron chi connectivity index (χ3n) is 4.37. The van der Waals surface area contributed by atoms with Crippen molar-refractivity contribution >= 4 is 0 Å². The fraction of sp³-hybridized carbons (Fsp3) is 0.0435. The van der Waals surface area contributed by atoms with E-state index < -0.39 is 0 Å². The molecule has 0 radical (unpaired) electrons. The molecule has 0 N–H and O–H groups in total. The predicted octanol–water partition coefficient (Wildman–Crippen LogP) is 3.89. The van der Waals surface area contributed by atoms with Gasteiger partial charge in [-0.15, -0.1) is 0 Å². The Balaban J connectivity index is 1.67. The molecule has 4 aromatic rings. The molecule has 0 aliphatic carbocycles. The fourth-order valence-corrected chi connectivity index (χ4v) is 3.00. The maximum absolute atomic E-state index is 12.3. The molecule has 5 heteroatoms. The van der Waals surface area contributed by atoms with Gasteiger partial charge in [0.2, 0.25) is 0 Å². The van der Waals surface area contributed by atoms with Gasteiger partial charge in [-0.1, -0.05) is 36.4 Å². The summed E-state index contributed by atoms with van der Waals surface area (Å²) in [5.74, 6) is 0. The third kappa shape index (κ3) is 3.71. The molecule has 0 unspecified atom stereocenters. The second kappa shape index (κ2) is 7.68. The minimum atomic E-state index is -0.177. The molecule has 28 heavy (non-hydrogen) atoms. The Kier molecular flexibility index (Phi) is 4.77. The molecule has 134 valence electrons. The van der Waals surface area contributed by atoms with Gasteiger partial charge < -0.3 is 0 Å². The number of pyridine rings is 1. The zero-order valence-electron chi connectivity index (χ0n) is 15.0. The molecule has 0 fully saturated rings.